The first kappa shape index (κ1) is 15.8. The van der Waals surface area contributed by atoms with Gasteiger partial charge in [0.05, 0.1) is 12.1 Å². The van der Waals surface area contributed by atoms with Crippen LogP contribution in [-0.4, -0.2) is 32.6 Å². The van der Waals surface area contributed by atoms with Crippen molar-refractivity contribution in [2.45, 2.75) is 57.4 Å². The highest BCUT2D eigenvalue weighted by Gasteiger charge is 2.11. The van der Waals surface area contributed by atoms with E-state index in [4.69, 9.17) is 5.26 Å². The molecule has 1 atom stereocenters. The molecule has 0 radical (unpaired) electrons. The summed E-state index contributed by atoms with van der Waals surface area (Å²) in [6, 6.07) is 2.38. The van der Waals surface area contributed by atoms with Crippen LogP contribution < -0.4 is 11.0 Å². The Bertz CT molecular complexity index is 473. The number of rotatable bonds is 8. The minimum atomic E-state index is -0.165. The number of H-pyrrole nitrogens is 1. The second kappa shape index (κ2) is 8.02. The number of hydrogen-bond donors (Lipinski definition) is 2. The molecule has 1 rings (SSSR count). The lowest BCUT2D eigenvalue weighted by atomic mass is 10.2. The molecule has 0 spiro atoms. The van der Waals surface area contributed by atoms with Crippen LogP contribution in [0.15, 0.2) is 9.95 Å². The van der Waals surface area contributed by atoms with Gasteiger partial charge in [0.2, 0.25) is 0 Å². The van der Waals surface area contributed by atoms with E-state index >= 15 is 0 Å². The van der Waals surface area contributed by atoms with E-state index in [2.05, 4.69) is 21.6 Å². The number of aromatic amines is 1. The van der Waals surface area contributed by atoms with Gasteiger partial charge in [-0.05, 0) is 26.7 Å². The number of nitrogens with one attached hydrogen (secondary N) is 2. The third-order valence-electron chi connectivity index (χ3n) is 2.50. The summed E-state index contributed by atoms with van der Waals surface area (Å²) in [5, 5.41) is 19.4. The van der Waals surface area contributed by atoms with Gasteiger partial charge in [-0.2, -0.15) is 5.26 Å². The molecule has 0 aliphatic rings. The van der Waals surface area contributed by atoms with Gasteiger partial charge in [0, 0.05) is 18.3 Å². The molecule has 0 saturated heterocycles. The third kappa shape index (κ3) is 5.09. The fraction of sp³-hybridized carbons (Fsp3) is 0.750. The molecule has 0 saturated carbocycles. The Labute approximate surface area is 117 Å². The van der Waals surface area contributed by atoms with E-state index in [1.807, 2.05) is 20.8 Å². The van der Waals surface area contributed by atoms with Gasteiger partial charge in [0.1, 0.15) is 0 Å². The third-order valence-corrected chi connectivity index (χ3v) is 3.51. The summed E-state index contributed by atoms with van der Waals surface area (Å²) in [4.78, 5) is 11.5. The molecule has 106 valence electrons. The summed E-state index contributed by atoms with van der Waals surface area (Å²) < 4.78 is 1.64. The van der Waals surface area contributed by atoms with Gasteiger partial charge in [-0.15, -0.1) is 5.10 Å². The van der Waals surface area contributed by atoms with Crippen LogP contribution in [0, 0.1) is 11.3 Å². The molecule has 2 N–H and O–H groups in total. The largest absolute Gasteiger partial charge is 0.343 e. The molecule has 1 aromatic rings. The Balaban J connectivity index is 2.49. The van der Waals surface area contributed by atoms with E-state index in [9.17, 15) is 4.79 Å². The van der Waals surface area contributed by atoms with E-state index in [0.717, 1.165) is 18.6 Å². The zero-order valence-corrected chi connectivity index (χ0v) is 12.5. The lowest BCUT2D eigenvalue weighted by Gasteiger charge is -2.13. The van der Waals surface area contributed by atoms with Gasteiger partial charge >= 0.3 is 5.69 Å². The SMILES string of the molecule is CCCn1c(SCCC(C#N)NC(C)C)n[nH]c1=O. The van der Waals surface area contributed by atoms with Crippen molar-refractivity contribution >= 4 is 11.8 Å². The summed E-state index contributed by atoms with van der Waals surface area (Å²) >= 11 is 1.51. The fourth-order valence-electron chi connectivity index (χ4n) is 1.69. The Morgan fingerprint density at radius 1 is 1.58 bits per heavy atom. The average Bonchev–Trinajstić information content (AvgIpc) is 2.70. The summed E-state index contributed by atoms with van der Waals surface area (Å²) in [6.45, 7) is 6.73. The van der Waals surface area contributed by atoms with Gasteiger partial charge in [0.25, 0.3) is 0 Å². The van der Waals surface area contributed by atoms with Crippen LogP contribution in [0.1, 0.15) is 33.6 Å². The minimum absolute atomic E-state index is 0.155. The Kier molecular flexibility index (Phi) is 6.67. The zero-order chi connectivity index (χ0) is 14.3. The molecule has 0 fully saturated rings. The first-order valence-corrected chi connectivity index (χ1v) is 7.50. The predicted octanol–water partition coefficient (Wildman–Crippen LogP) is 1.35. The molecule has 1 heterocycles. The maximum absolute atomic E-state index is 11.5. The van der Waals surface area contributed by atoms with Crippen LogP contribution in [0.3, 0.4) is 0 Å². The molecule has 0 amide bonds. The van der Waals surface area contributed by atoms with Gasteiger partial charge in [-0.25, -0.2) is 9.89 Å². The van der Waals surface area contributed by atoms with Crippen molar-refractivity contribution in [3.05, 3.63) is 10.5 Å². The highest BCUT2D eigenvalue weighted by atomic mass is 32.2. The first-order chi connectivity index (χ1) is 9.08. The second-order valence-electron chi connectivity index (χ2n) is 4.60. The standard InChI is InChI=1S/C12H21N5OS/c1-4-6-17-11(18)15-16-12(17)19-7-5-10(8-13)14-9(2)3/h9-10,14H,4-7H2,1-3H3,(H,15,18). The molecule has 0 aliphatic heterocycles. The van der Waals surface area contributed by atoms with Crippen LogP contribution in [-0.2, 0) is 6.54 Å². The van der Waals surface area contributed by atoms with Crippen molar-refractivity contribution in [2.24, 2.45) is 0 Å². The molecule has 0 aromatic carbocycles. The van der Waals surface area contributed by atoms with Gasteiger partial charge in [-0.1, -0.05) is 18.7 Å². The predicted molar refractivity (Wildman–Crippen MR) is 76.2 cm³/mol. The zero-order valence-electron chi connectivity index (χ0n) is 11.6. The lowest BCUT2D eigenvalue weighted by molar-refractivity contribution is 0.522. The number of nitrogens with zero attached hydrogens (tertiary/aromatic N) is 3. The highest BCUT2D eigenvalue weighted by molar-refractivity contribution is 7.99. The molecule has 1 aromatic heterocycles. The molecular formula is C12H21N5OS. The first-order valence-electron chi connectivity index (χ1n) is 6.52. The van der Waals surface area contributed by atoms with Crippen LogP contribution in [0.4, 0.5) is 0 Å². The van der Waals surface area contributed by atoms with Crippen molar-refractivity contribution in [3.8, 4) is 6.07 Å². The van der Waals surface area contributed by atoms with Gasteiger partial charge < -0.3 is 0 Å². The van der Waals surface area contributed by atoms with Crippen molar-refractivity contribution in [1.82, 2.24) is 20.1 Å². The summed E-state index contributed by atoms with van der Waals surface area (Å²) in [5.74, 6) is 0.756. The van der Waals surface area contributed by atoms with Crippen LogP contribution in [0.25, 0.3) is 0 Å². The molecule has 0 aliphatic carbocycles. The maximum atomic E-state index is 11.5. The van der Waals surface area contributed by atoms with Crippen molar-refractivity contribution < 1.29 is 0 Å². The van der Waals surface area contributed by atoms with E-state index in [1.165, 1.54) is 11.8 Å². The molecule has 19 heavy (non-hydrogen) atoms. The average molecular weight is 283 g/mol. The van der Waals surface area contributed by atoms with Crippen molar-refractivity contribution in [3.63, 3.8) is 0 Å². The van der Waals surface area contributed by atoms with E-state index < -0.39 is 0 Å². The topological polar surface area (TPSA) is 86.5 Å². The van der Waals surface area contributed by atoms with E-state index in [1.54, 1.807) is 4.57 Å². The molecule has 7 heteroatoms. The number of aromatic nitrogens is 3. The molecule has 6 nitrogen and oxygen atoms in total. The van der Waals surface area contributed by atoms with Crippen LogP contribution >= 0.6 is 11.8 Å². The highest BCUT2D eigenvalue weighted by Crippen LogP contribution is 2.15. The monoisotopic (exact) mass is 283 g/mol. The summed E-state index contributed by atoms with van der Waals surface area (Å²) in [7, 11) is 0. The van der Waals surface area contributed by atoms with Gasteiger partial charge in [-0.3, -0.25) is 9.88 Å². The summed E-state index contributed by atoms with van der Waals surface area (Å²) in [6.07, 6.45) is 1.62. The maximum Gasteiger partial charge on any atom is 0.343 e. The lowest BCUT2D eigenvalue weighted by Crippen LogP contribution is -2.34. The van der Waals surface area contributed by atoms with Crippen LogP contribution in [0.5, 0.6) is 0 Å². The quantitative estimate of drug-likeness (QED) is 0.703. The fourth-order valence-corrected chi connectivity index (χ4v) is 2.67. The Morgan fingerprint density at radius 3 is 2.89 bits per heavy atom. The smallest absolute Gasteiger partial charge is 0.300 e. The van der Waals surface area contributed by atoms with E-state index in [0.29, 0.717) is 17.7 Å². The Hall–Kier alpha value is -1.26. The molecule has 1 unspecified atom stereocenters. The second-order valence-corrected chi connectivity index (χ2v) is 5.67. The Morgan fingerprint density at radius 2 is 2.32 bits per heavy atom. The minimum Gasteiger partial charge on any atom is -0.300 e. The number of nitriles is 1. The van der Waals surface area contributed by atoms with E-state index in [-0.39, 0.29) is 11.7 Å². The summed E-state index contributed by atoms with van der Waals surface area (Å²) in [5.41, 5.74) is -0.165. The normalized spacial score (nSPS) is 12.6. The molecule has 0 bridgehead atoms. The van der Waals surface area contributed by atoms with Crippen LogP contribution in [0.2, 0.25) is 0 Å². The van der Waals surface area contributed by atoms with Crippen molar-refractivity contribution in [1.29, 1.82) is 5.26 Å². The molecular weight excluding hydrogens is 262 g/mol. The number of thioether (sulfide) groups is 1. The van der Waals surface area contributed by atoms with Crippen molar-refractivity contribution in [2.75, 3.05) is 5.75 Å². The van der Waals surface area contributed by atoms with Gasteiger partial charge in [0.15, 0.2) is 5.16 Å². The number of hydrogen-bond acceptors (Lipinski definition) is 5.